The Labute approximate surface area is 427 Å². The van der Waals surface area contributed by atoms with Crippen molar-refractivity contribution in [2.75, 3.05) is 9.71 Å². The molecule has 0 bridgehead atoms. The van der Waals surface area contributed by atoms with Crippen molar-refractivity contribution in [1.82, 2.24) is 0 Å². The summed E-state index contributed by atoms with van der Waals surface area (Å²) in [6.45, 7) is 18.7. The van der Waals surface area contributed by atoms with Gasteiger partial charge >= 0.3 is 6.85 Å². The van der Waals surface area contributed by atoms with Gasteiger partial charge in [0.05, 0.1) is 0 Å². The van der Waals surface area contributed by atoms with E-state index in [1.807, 2.05) is 24.3 Å². The Balaban J connectivity index is 1.13. The molecule has 0 saturated carbocycles. The van der Waals surface area contributed by atoms with E-state index < -0.39 is 0 Å². The van der Waals surface area contributed by atoms with Gasteiger partial charge in [-0.25, -0.2) is 0 Å². The molecule has 3 aliphatic heterocycles. The van der Waals surface area contributed by atoms with Crippen LogP contribution in [0.4, 0.5) is 28.4 Å². The molecule has 6 heteroatoms. The minimum atomic E-state index is -0.339. The second kappa shape index (κ2) is 14.6. The van der Waals surface area contributed by atoms with Crippen LogP contribution in [0.3, 0.4) is 0 Å². The van der Waals surface area contributed by atoms with Gasteiger partial charge in [0.1, 0.15) is 11.2 Å². The third-order valence-corrected chi connectivity index (χ3v) is 17.5. The van der Waals surface area contributed by atoms with E-state index in [1.54, 1.807) is 0 Å². The predicted molar refractivity (Wildman–Crippen MR) is 302 cm³/mol. The van der Waals surface area contributed by atoms with E-state index in [4.69, 9.17) is 13.9 Å². The molecule has 9 aromatic carbocycles. The van der Waals surface area contributed by atoms with Crippen molar-refractivity contribution in [3.05, 3.63) is 197 Å². The first kappa shape index (κ1) is 42.7. The molecule has 0 amide bonds. The Hall–Kier alpha value is -7.96. The highest BCUT2D eigenvalue weighted by Gasteiger charge is 2.50. The Morgan fingerprint density at radius 3 is 1.93 bits per heavy atom. The zero-order valence-electron chi connectivity index (χ0n) is 42.7. The number of fused-ring (bicyclic) bond motifs is 14. The van der Waals surface area contributed by atoms with Crippen molar-refractivity contribution >= 4 is 68.1 Å². The number of rotatable bonds is 3. The van der Waals surface area contributed by atoms with Crippen molar-refractivity contribution < 1.29 is 13.9 Å². The number of aryl methyl sites for hydroxylation is 2. The van der Waals surface area contributed by atoms with E-state index in [1.165, 1.54) is 66.8 Å². The van der Waals surface area contributed by atoms with Crippen LogP contribution in [-0.4, -0.2) is 6.85 Å². The lowest BCUT2D eigenvalue weighted by molar-refractivity contribution is 0.332. The van der Waals surface area contributed by atoms with Gasteiger partial charge in [-0.05, 0) is 154 Å². The molecular weight excluding hydrogens is 892 g/mol. The molecule has 0 unspecified atom stereocenters. The van der Waals surface area contributed by atoms with Gasteiger partial charge in [-0.1, -0.05) is 144 Å². The lowest BCUT2D eigenvalue weighted by atomic mass is 9.43. The monoisotopic (exact) mass is 946 g/mol. The summed E-state index contributed by atoms with van der Waals surface area (Å²) in [6, 6.07) is 60.6. The molecule has 5 aliphatic rings. The molecule has 0 N–H and O–H groups in total. The molecule has 1 aromatic heterocycles. The van der Waals surface area contributed by atoms with Crippen molar-refractivity contribution in [3.63, 3.8) is 0 Å². The van der Waals surface area contributed by atoms with Crippen molar-refractivity contribution in [1.29, 1.82) is 0 Å². The van der Waals surface area contributed by atoms with Crippen LogP contribution in [0.2, 0.25) is 0 Å². The van der Waals surface area contributed by atoms with E-state index in [-0.39, 0.29) is 23.1 Å². The summed E-state index contributed by atoms with van der Waals surface area (Å²) >= 11 is 0. The van der Waals surface area contributed by atoms with Gasteiger partial charge in [-0.3, -0.25) is 0 Å². The summed E-state index contributed by atoms with van der Waals surface area (Å²) in [6.07, 6.45) is 2.26. The summed E-state index contributed by atoms with van der Waals surface area (Å²) in [5.41, 5.74) is 24.7. The zero-order valence-corrected chi connectivity index (χ0v) is 42.7. The van der Waals surface area contributed by atoms with E-state index in [0.29, 0.717) is 23.0 Å². The quantitative estimate of drug-likeness (QED) is 0.165. The normalized spacial score (nSPS) is 16.6. The van der Waals surface area contributed by atoms with E-state index in [9.17, 15) is 0 Å². The Kier molecular flexibility index (Phi) is 8.54. The maximum atomic E-state index is 7.29. The molecule has 0 radical (unpaired) electrons. The zero-order chi connectivity index (χ0) is 49.4. The maximum absolute atomic E-state index is 7.29. The topological polar surface area (TPSA) is 38.1 Å². The molecule has 0 fully saturated rings. The molecule has 0 atom stereocenters. The maximum Gasteiger partial charge on any atom is 0.333 e. The SMILES string of the molecule is Cc1ccc(N2B3c4cc5c(cc4N(c4cc6c(cc4C)C(C)(C)CCC6(C)C)c4cc6c(oc7ccccc76)c(c43)-c3cc4c(cc32)-c2ccccc2C4(C)C)Oc2ccccc2O5)c(-c2ccccc2)c1. The average Bonchev–Trinajstić information content (AvgIpc) is 3.88. The minimum Gasteiger partial charge on any atom is -0.455 e. The van der Waals surface area contributed by atoms with Crippen LogP contribution >= 0.6 is 0 Å². The highest BCUT2D eigenvalue weighted by atomic mass is 16.6. The Bertz CT molecular complexity index is 4070. The molecule has 354 valence electrons. The lowest BCUT2D eigenvalue weighted by Gasteiger charge is -2.47. The fourth-order valence-corrected chi connectivity index (χ4v) is 13.6. The fraction of sp³-hybridized carbons (Fsp3) is 0.194. The number of hydrogen-bond acceptors (Lipinski definition) is 5. The number of ether oxygens (including phenoxy) is 2. The number of anilines is 5. The van der Waals surface area contributed by atoms with Gasteiger partial charge < -0.3 is 23.6 Å². The number of para-hydroxylation sites is 3. The average molecular weight is 947 g/mol. The number of hydrogen-bond donors (Lipinski definition) is 0. The number of benzene rings is 9. The van der Waals surface area contributed by atoms with Crippen LogP contribution in [0.25, 0.3) is 55.3 Å². The van der Waals surface area contributed by atoms with Crippen molar-refractivity contribution in [3.8, 4) is 56.4 Å². The van der Waals surface area contributed by atoms with Crippen LogP contribution in [0, 0.1) is 13.8 Å². The molecule has 0 spiro atoms. The Morgan fingerprint density at radius 1 is 0.466 bits per heavy atom. The van der Waals surface area contributed by atoms with Gasteiger partial charge in [0.25, 0.3) is 0 Å². The summed E-state index contributed by atoms with van der Waals surface area (Å²) in [5.74, 6) is 2.80. The highest BCUT2D eigenvalue weighted by molar-refractivity contribution is 6.94. The standard InChI is InChI=1S/C67H55BN2O3/c1-38-26-27-52(43(30-38)40-18-10-9-11-19-40)70-54-33-44-41-20-12-14-22-47(41)67(7,8)48(44)32-46(54)62-63-56(34-45-42-21-13-15-23-57(42)73-64(45)62)69(53-35-50-49(31-39(53)2)65(3,4)28-29-66(50,5)6)55-37-61-60(36-51(55)68(63)70)71-58-24-16-17-25-59(58)72-61/h9-27,30-37H,28-29H2,1-8H3. The van der Waals surface area contributed by atoms with Gasteiger partial charge in [0, 0.05) is 67.4 Å². The van der Waals surface area contributed by atoms with Gasteiger partial charge in [-0.2, -0.15) is 0 Å². The van der Waals surface area contributed by atoms with Gasteiger partial charge in [0.2, 0.25) is 0 Å². The molecule has 0 saturated heterocycles. The van der Waals surface area contributed by atoms with E-state index >= 15 is 0 Å². The summed E-state index contributed by atoms with van der Waals surface area (Å²) in [7, 11) is 0. The summed E-state index contributed by atoms with van der Waals surface area (Å²) < 4.78 is 21.1. The highest BCUT2D eigenvalue weighted by Crippen LogP contribution is 2.59. The molecular formula is C67H55BN2O3. The van der Waals surface area contributed by atoms with Crippen LogP contribution < -0.4 is 30.1 Å². The van der Waals surface area contributed by atoms with Crippen molar-refractivity contribution in [2.45, 2.75) is 84.5 Å². The second-order valence-electron chi connectivity index (χ2n) is 23.2. The first-order chi connectivity index (χ1) is 35.2. The smallest absolute Gasteiger partial charge is 0.333 e. The van der Waals surface area contributed by atoms with Gasteiger partial charge in [0.15, 0.2) is 23.0 Å². The largest absolute Gasteiger partial charge is 0.455 e. The molecule has 4 heterocycles. The van der Waals surface area contributed by atoms with Gasteiger partial charge in [-0.15, -0.1) is 0 Å². The third kappa shape index (κ3) is 5.86. The second-order valence-corrected chi connectivity index (χ2v) is 23.2. The number of furan rings is 1. The molecule has 10 aromatic rings. The van der Waals surface area contributed by atoms with E-state index in [2.05, 4.69) is 205 Å². The summed E-state index contributed by atoms with van der Waals surface area (Å²) in [4.78, 5) is 5.24. The van der Waals surface area contributed by atoms with Crippen LogP contribution in [-0.2, 0) is 16.2 Å². The molecule has 15 rings (SSSR count). The first-order valence-electron chi connectivity index (χ1n) is 26.1. The minimum absolute atomic E-state index is 0.0190. The van der Waals surface area contributed by atoms with Crippen LogP contribution in [0.15, 0.2) is 168 Å². The predicted octanol–water partition coefficient (Wildman–Crippen LogP) is 17.1. The Morgan fingerprint density at radius 2 is 1.15 bits per heavy atom. The lowest BCUT2D eigenvalue weighted by Crippen LogP contribution is -2.61. The third-order valence-electron chi connectivity index (χ3n) is 17.5. The van der Waals surface area contributed by atoms with Crippen molar-refractivity contribution in [2.24, 2.45) is 0 Å². The number of nitrogens with zero attached hydrogens (tertiary/aromatic N) is 2. The first-order valence-corrected chi connectivity index (χ1v) is 26.1. The molecule has 2 aliphatic carbocycles. The summed E-state index contributed by atoms with van der Waals surface area (Å²) in [5, 5.41) is 2.20. The van der Waals surface area contributed by atoms with Crippen LogP contribution in [0.1, 0.15) is 87.8 Å². The van der Waals surface area contributed by atoms with E-state index in [0.717, 1.165) is 74.1 Å². The van der Waals surface area contributed by atoms with Crippen LogP contribution in [0.5, 0.6) is 23.0 Å². The molecule has 73 heavy (non-hydrogen) atoms. The molecule has 5 nitrogen and oxygen atoms in total. The fourth-order valence-electron chi connectivity index (χ4n) is 13.6.